The normalized spacial score (nSPS) is 20.4. The molecule has 0 saturated carbocycles. The van der Waals surface area contributed by atoms with E-state index in [1.807, 2.05) is 0 Å². The van der Waals surface area contributed by atoms with Crippen LogP contribution in [0.25, 0.3) is 10.8 Å². The van der Waals surface area contributed by atoms with E-state index in [0.717, 1.165) is 32.8 Å². The first kappa shape index (κ1) is 13.6. The third-order valence-corrected chi connectivity index (χ3v) is 3.91. The van der Waals surface area contributed by atoms with Gasteiger partial charge in [-0.05, 0) is 23.4 Å². The van der Waals surface area contributed by atoms with Crippen molar-refractivity contribution < 1.29 is 4.74 Å². The first-order chi connectivity index (χ1) is 9.83. The molecule has 3 rings (SSSR count). The maximum absolute atomic E-state index is 5.77. The van der Waals surface area contributed by atoms with Gasteiger partial charge >= 0.3 is 0 Å². The van der Waals surface area contributed by atoms with Crippen molar-refractivity contribution in [3.05, 3.63) is 48.0 Å². The van der Waals surface area contributed by atoms with Crippen LogP contribution in [0.1, 0.15) is 5.56 Å². The number of morpholine rings is 1. The molecule has 3 nitrogen and oxygen atoms in total. The highest BCUT2D eigenvalue weighted by atomic mass is 16.5. The van der Waals surface area contributed by atoms with Crippen molar-refractivity contribution in [1.29, 1.82) is 0 Å². The lowest BCUT2D eigenvalue weighted by molar-refractivity contribution is -0.0182. The van der Waals surface area contributed by atoms with E-state index in [0.29, 0.717) is 6.10 Å². The number of nitrogens with zero attached hydrogens (tertiary/aromatic N) is 1. The van der Waals surface area contributed by atoms with Gasteiger partial charge in [0.05, 0.1) is 12.7 Å². The minimum atomic E-state index is 0.309. The van der Waals surface area contributed by atoms with Gasteiger partial charge in [0.25, 0.3) is 0 Å². The van der Waals surface area contributed by atoms with Crippen LogP contribution in [0.5, 0.6) is 0 Å². The second kappa shape index (κ2) is 6.35. The van der Waals surface area contributed by atoms with Gasteiger partial charge in [0, 0.05) is 26.2 Å². The first-order valence-electron chi connectivity index (χ1n) is 7.30. The van der Waals surface area contributed by atoms with Crippen LogP contribution >= 0.6 is 0 Å². The zero-order chi connectivity index (χ0) is 13.8. The Balaban J connectivity index is 1.60. The number of hydrogen-bond acceptors (Lipinski definition) is 3. The molecular formula is C17H22N2O. The minimum Gasteiger partial charge on any atom is -0.374 e. The van der Waals surface area contributed by atoms with Crippen LogP contribution in [0.2, 0.25) is 0 Å². The van der Waals surface area contributed by atoms with E-state index in [9.17, 15) is 0 Å². The van der Waals surface area contributed by atoms with Crippen molar-refractivity contribution >= 4 is 10.8 Å². The van der Waals surface area contributed by atoms with Crippen molar-refractivity contribution in [2.24, 2.45) is 0 Å². The molecule has 0 aromatic heterocycles. The van der Waals surface area contributed by atoms with Crippen molar-refractivity contribution in [1.82, 2.24) is 10.2 Å². The SMILES string of the molecule is CN1CCOC(CNCc2cccc3ccccc23)C1. The van der Waals surface area contributed by atoms with Crippen LogP contribution in [-0.2, 0) is 11.3 Å². The summed E-state index contributed by atoms with van der Waals surface area (Å²) in [7, 11) is 2.15. The standard InChI is InChI=1S/C17H22N2O/c1-19-9-10-20-16(13-19)12-18-11-15-7-4-6-14-5-2-3-8-17(14)15/h2-8,16,18H,9-13H2,1H3. The Hall–Kier alpha value is -1.42. The van der Waals surface area contributed by atoms with Crippen LogP contribution < -0.4 is 5.32 Å². The predicted octanol–water partition coefficient (Wildman–Crippen LogP) is 2.26. The molecule has 1 heterocycles. The topological polar surface area (TPSA) is 24.5 Å². The molecule has 106 valence electrons. The summed E-state index contributed by atoms with van der Waals surface area (Å²) in [5.41, 5.74) is 1.35. The number of hydrogen-bond donors (Lipinski definition) is 1. The molecule has 0 spiro atoms. The summed E-state index contributed by atoms with van der Waals surface area (Å²) in [6.07, 6.45) is 0.309. The molecule has 1 aliphatic heterocycles. The summed E-state index contributed by atoms with van der Waals surface area (Å²) in [5.74, 6) is 0. The van der Waals surface area contributed by atoms with Gasteiger partial charge in [-0.15, -0.1) is 0 Å². The molecule has 20 heavy (non-hydrogen) atoms. The summed E-state index contributed by atoms with van der Waals surface area (Å²) in [6, 6.07) is 15.0. The molecule has 0 aliphatic carbocycles. The summed E-state index contributed by atoms with van der Waals surface area (Å²) >= 11 is 0. The predicted molar refractivity (Wildman–Crippen MR) is 82.9 cm³/mol. The molecule has 0 bridgehead atoms. The number of likely N-dealkylation sites (N-methyl/N-ethyl adjacent to an activating group) is 1. The van der Waals surface area contributed by atoms with Crippen molar-refractivity contribution in [3.8, 4) is 0 Å². The van der Waals surface area contributed by atoms with E-state index in [4.69, 9.17) is 4.74 Å². The molecule has 1 saturated heterocycles. The van der Waals surface area contributed by atoms with Gasteiger partial charge in [0.1, 0.15) is 0 Å². The lowest BCUT2D eigenvalue weighted by Gasteiger charge is -2.30. The Labute approximate surface area is 120 Å². The Morgan fingerprint density at radius 3 is 2.95 bits per heavy atom. The molecule has 1 N–H and O–H groups in total. The van der Waals surface area contributed by atoms with Gasteiger partial charge in [-0.25, -0.2) is 0 Å². The van der Waals surface area contributed by atoms with E-state index < -0.39 is 0 Å². The highest BCUT2D eigenvalue weighted by Gasteiger charge is 2.16. The molecule has 2 aromatic rings. The van der Waals surface area contributed by atoms with Crippen molar-refractivity contribution in [3.63, 3.8) is 0 Å². The van der Waals surface area contributed by atoms with Gasteiger partial charge in [0.15, 0.2) is 0 Å². The highest BCUT2D eigenvalue weighted by Crippen LogP contribution is 2.18. The van der Waals surface area contributed by atoms with E-state index in [1.54, 1.807) is 0 Å². The highest BCUT2D eigenvalue weighted by molar-refractivity contribution is 5.85. The lowest BCUT2D eigenvalue weighted by atomic mass is 10.0. The molecule has 1 fully saturated rings. The third-order valence-electron chi connectivity index (χ3n) is 3.91. The lowest BCUT2D eigenvalue weighted by Crippen LogP contribution is -2.44. The Morgan fingerprint density at radius 1 is 1.20 bits per heavy atom. The number of rotatable bonds is 4. The van der Waals surface area contributed by atoms with E-state index in [1.165, 1.54) is 16.3 Å². The van der Waals surface area contributed by atoms with E-state index in [2.05, 4.69) is 59.7 Å². The number of benzene rings is 2. The number of fused-ring (bicyclic) bond motifs is 1. The van der Waals surface area contributed by atoms with Crippen LogP contribution in [0.15, 0.2) is 42.5 Å². The van der Waals surface area contributed by atoms with Gasteiger partial charge in [-0.3, -0.25) is 0 Å². The Bertz CT molecular complexity index is 564. The second-order valence-corrected chi connectivity index (χ2v) is 5.52. The largest absolute Gasteiger partial charge is 0.374 e. The average molecular weight is 270 g/mol. The first-order valence-corrected chi connectivity index (χ1v) is 7.30. The van der Waals surface area contributed by atoms with Crippen LogP contribution in [0.4, 0.5) is 0 Å². The van der Waals surface area contributed by atoms with Gasteiger partial charge in [-0.2, -0.15) is 0 Å². The third kappa shape index (κ3) is 3.18. The maximum atomic E-state index is 5.77. The zero-order valence-corrected chi connectivity index (χ0v) is 12.0. The molecule has 2 aromatic carbocycles. The van der Waals surface area contributed by atoms with Crippen LogP contribution in [0.3, 0.4) is 0 Å². The monoisotopic (exact) mass is 270 g/mol. The average Bonchev–Trinajstić information content (AvgIpc) is 2.48. The molecule has 0 radical (unpaired) electrons. The molecule has 0 amide bonds. The summed E-state index contributed by atoms with van der Waals surface area (Å²) in [6.45, 7) is 4.71. The Morgan fingerprint density at radius 2 is 2.05 bits per heavy atom. The quantitative estimate of drug-likeness (QED) is 0.922. The van der Waals surface area contributed by atoms with E-state index in [-0.39, 0.29) is 0 Å². The summed E-state index contributed by atoms with van der Waals surface area (Å²) in [4.78, 5) is 2.33. The van der Waals surface area contributed by atoms with Gasteiger partial charge in [-0.1, -0.05) is 42.5 Å². The molecular weight excluding hydrogens is 248 g/mol. The minimum absolute atomic E-state index is 0.309. The molecule has 1 aliphatic rings. The fraction of sp³-hybridized carbons (Fsp3) is 0.412. The molecule has 1 atom stereocenters. The maximum Gasteiger partial charge on any atom is 0.0826 e. The van der Waals surface area contributed by atoms with Gasteiger partial charge < -0.3 is 15.0 Å². The van der Waals surface area contributed by atoms with E-state index >= 15 is 0 Å². The number of nitrogens with one attached hydrogen (secondary N) is 1. The second-order valence-electron chi connectivity index (χ2n) is 5.52. The van der Waals surface area contributed by atoms with Crippen LogP contribution in [-0.4, -0.2) is 44.3 Å². The number of ether oxygens (including phenoxy) is 1. The van der Waals surface area contributed by atoms with Crippen LogP contribution in [0, 0.1) is 0 Å². The Kier molecular flexibility index (Phi) is 4.31. The smallest absolute Gasteiger partial charge is 0.0826 e. The van der Waals surface area contributed by atoms with Crippen molar-refractivity contribution in [2.45, 2.75) is 12.6 Å². The fourth-order valence-electron chi connectivity index (χ4n) is 2.80. The summed E-state index contributed by atoms with van der Waals surface area (Å²) in [5, 5.41) is 6.18. The van der Waals surface area contributed by atoms with Crippen molar-refractivity contribution in [2.75, 3.05) is 33.3 Å². The zero-order valence-electron chi connectivity index (χ0n) is 12.0. The van der Waals surface area contributed by atoms with Gasteiger partial charge in [0.2, 0.25) is 0 Å². The molecule has 1 unspecified atom stereocenters. The molecule has 3 heteroatoms. The summed E-state index contributed by atoms with van der Waals surface area (Å²) < 4.78 is 5.77. The fourth-order valence-corrected chi connectivity index (χ4v) is 2.80.